The number of hydrogen-bond donors (Lipinski definition) is 0. The van der Waals surface area contributed by atoms with E-state index in [0.29, 0.717) is 12.2 Å². The molecule has 1 unspecified atom stereocenters. The molecule has 0 N–H and O–H groups in total. The van der Waals surface area contributed by atoms with Gasteiger partial charge >= 0.3 is 5.97 Å². The molecule has 1 aromatic rings. The number of esters is 1. The van der Waals surface area contributed by atoms with Gasteiger partial charge in [0.1, 0.15) is 6.61 Å². The molecule has 1 atom stereocenters. The molecule has 116 valence electrons. The van der Waals surface area contributed by atoms with Crippen molar-refractivity contribution < 1.29 is 22.7 Å². The molecule has 1 heterocycles. The predicted octanol–water partition coefficient (Wildman–Crippen LogP) is 2.65. The summed E-state index contributed by atoms with van der Waals surface area (Å²) in [6.45, 7) is 2.55. The molecule has 21 heavy (non-hydrogen) atoms. The highest BCUT2D eigenvalue weighted by molar-refractivity contribution is 8.13. The summed E-state index contributed by atoms with van der Waals surface area (Å²) in [5.41, 5.74) is 0.794. The van der Waals surface area contributed by atoms with Crippen molar-refractivity contribution in [2.45, 2.75) is 37.2 Å². The summed E-state index contributed by atoms with van der Waals surface area (Å²) >= 11 is 0. The van der Waals surface area contributed by atoms with Crippen LogP contribution in [0, 0.1) is 6.92 Å². The molecule has 0 radical (unpaired) electrons. The zero-order valence-electron chi connectivity index (χ0n) is 11.7. The number of carbonyl (C=O) groups excluding carboxylic acids is 1. The number of ether oxygens (including phenoxy) is 2. The highest BCUT2D eigenvalue weighted by Gasteiger charge is 2.19. The van der Waals surface area contributed by atoms with E-state index < -0.39 is 15.0 Å². The van der Waals surface area contributed by atoms with Crippen LogP contribution in [0.1, 0.15) is 35.2 Å². The molecule has 1 saturated heterocycles. The molecule has 0 aromatic heterocycles. The van der Waals surface area contributed by atoms with E-state index in [2.05, 4.69) is 0 Å². The minimum atomic E-state index is -3.88. The minimum absolute atomic E-state index is 0.0799. The Morgan fingerprint density at radius 1 is 1.38 bits per heavy atom. The lowest BCUT2D eigenvalue weighted by Gasteiger charge is -2.22. The van der Waals surface area contributed by atoms with Gasteiger partial charge in [-0.2, -0.15) is 0 Å². The van der Waals surface area contributed by atoms with Crippen LogP contribution >= 0.6 is 10.7 Å². The fraction of sp³-hybridized carbons (Fsp3) is 0.500. The standard InChI is InChI=1S/C14H17ClO5S/c1-10-6-11(8-13(7-10)21(15,17)18)14(16)20-9-12-4-2-3-5-19-12/h6-8,12H,2-5,9H2,1H3. The van der Waals surface area contributed by atoms with Crippen molar-refractivity contribution in [2.75, 3.05) is 13.2 Å². The lowest BCUT2D eigenvalue weighted by molar-refractivity contribution is -0.0300. The maximum absolute atomic E-state index is 12.0. The van der Waals surface area contributed by atoms with Gasteiger partial charge in [-0.1, -0.05) is 0 Å². The van der Waals surface area contributed by atoms with Crippen LogP contribution in [0.5, 0.6) is 0 Å². The molecule has 1 aliphatic rings. The SMILES string of the molecule is Cc1cc(C(=O)OCC2CCCCO2)cc(S(=O)(=O)Cl)c1. The van der Waals surface area contributed by atoms with Gasteiger partial charge in [-0.15, -0.1) is 0 Å². The largest absolute Gasteiger partial charge is 0.459 e. The van der Waals surface area contributed by atoms with Crippen LogP contribution in [0.3, 0.4) is 0 Å². The smallest absolute Gasteiger partial charge is 0.338 e. The van der Waals surface area contributed by atoms with Crippen LogP contribution < -0.4 is 0 Å². The topological polar surface area (TPSA) is 69.7 Å². The van der Waals surface area contributed by atoms with Crippen molar-refractivity contribution in [3.63, 3.8) is 0 Å². The zero-order chi connectivity index (χ0) is 15.5. The monoisotopic (exact) mass is 332 g/mol. The average molecular weight is 333 g/mol. The number of hydrogen-bond acceptors (Lipinski definition) is 5. The first-order valence-electron chi connectivity index (χ1n) is 6.71. The molecular formula is C14H17ClO5S. The van der Waals surface area contributed by atoms with Crippen LogP contribution in [-0.2, 0) is 18.5 Å². The molecule has 0 aliphatic carbocycles. The maximum Gasteiger partial charge on any atom is 0.338 e. The third kappa shape index (κ3) is 4.69. The second-order valence-electron chi connectivity index (χ2n) is 5.06. The van der Waals surface area contributed by atoms with Gasteiger partial charge in [-0.25, -0.2) is 13.2 Å². The minimum Gasteiger partial charge on any atom is -0.459 e. The van der Waals surface area contributed by atoms with Gasteiger partial charge in [0, 0.05) is 17.3 Å². The fourth-order valence-corrected chi connectivity index (χ4v) is 3.06. The lowest BCUT2D eigenvalue weighted by Crippen LogP contribution is -2.26. The van der Waals surface area contributed by atoms with Crippen molar-refractivity contribution in [1.29, 1.82) is 0 Å². The molecule has 0 bridgehead atoms. The Hall–Kier alpha value is -1.11. The number of carbonyl (C=O) groups is 1. The van der Waals surface area contributed by atoms with E-state index in [-0.39, 0.29) is 23.2 Å². The summed E-state index contributed by atoms with van der Waals surface area (Å²) < 4.78 is 33.4. The summed E-state index contributed by atoms with van der Waals surface area (Å²) in [4.78, 5) is 11.9. The first-order chi connectivity index (χ1) is 9.86. The van der Waals surface area contributed by atoms with Crippen molar-refractivity contribution in [3.05, 3.63) is 29.3 Å². The molecular weight excluding hydrogens is 316 g/mol. The second kappa shape index (κ2) is 6.77. The van der Waals surface area contributed by atoms with Crippen LogP contribution in [0.2, 0.25) is 0 Å². The summed E-state index contributed by atoms with van der Waals surface area (Å²) in [5, 5.41) is 0. The Morgan fingerprint density at radius 2 is 2.14 bits per heavy atom. The van der Waals surface area contributed by atoms with Crippen molar-refractivity contribution in [2.24, 2.45) is 0 Å². The summed E-state index contributed by atoms with van der Waals surface area (Å²) in [6, 6.07) is 4.19. The third-order valence-electron chi connectivity index (χ3n) is 3.24. The Kier molecular flexibility index (Phi) is 5.24. The summed E-state index contributed by atoms with van der Waals surface area (Å²) in [5.74, 6) is -0.575. The Morgan fingerprint density at radius 3 is 2.76 bits per heavy atom. The van der Waals surface area contributed by atoms with Crippen LogP contribution in [0.25, 0.3) is 0 Å². The number of benzene rings is 1. The number of aryl methyl sites for hydroxylation is 1. The van der Waals surface area contributed by atoms with Gasteiger partial charge in [0.2, 0.25) is 0 Å². The zero-order valence-corrected chi connectivity index (χ0v) is 13.2. The molecule has 1 aliphatic heterocycles. The lowest BCUT2D eigenvalue weighted by atomic mass is 10.1. The molecule has 2 rings (SSSR count). The Bertz CT molecular complexity index is 620. The van der Waals surface area contributed by atoms with E-state index in [0.717, 1.165) is 19.3 Å². The highest BCUT2D eigenvalue weighted by Crippen LogP contribution is 2.20. The Balaban J connectivity index is 2.06. The third-order valence-corrected chi connectivity index (χ3v) is 4.58. The van der Waals surface area contributed by atoms with Gasteiger partial charge in [0.15, 0.2) is 0 Å². The number of rotatable bonds is 4. The quantitative estimate of drug-likeness (QED) is 0.626. The van der Waals surface area contributed by atoms with E-state index in [1.54, 1.807) is 13.0 Å². The Labute approximate surface area is 128 Å². The molecule has 1 fully saturated rings. The van der Waals surface area contributed by atoms with Crippen molar-refractivity contribution >= 4 is 25.7 Å². The summed E-state index contributed by atoms with van der Waals surface area (Å²) in [7, 11) is 1.43. The molecule has 1 aromatic carbocycles. The first-order valence-corrected chi connectivity index (χ1v) is 9.02. The van der Waals surface area contributed by atoms with E-state index in [9.17, 15) is 13.2 Å². The summed E-state index contributed by atoms with van der Waals surface area (Å²) in [6.07, 6.45) is 2.87. The second-order valence-corrected chi connectivity index (χ2v) is 7.63. The predicted molar refractivity (Wildman–Crippen MR) is 78.1 cm³/mol. The van der Waals surface area contributed by atoms with Gasteiger partial charge < -0.3 is 9.47 Å². The molecule has 0 spiro atoms. The molecule has 7 heteroatoms. The van der Waals surface area contributed by atoms with E-state index in [4.69, 9.17) is 20.2 Å². The van der Waals surface area contributed by atoms with Gasteiger partial charge in [-0.3, -0.25) is 0 Å². The maximum atomic E-state index is 12.0. The van der Waals surface area contributed by atoms with E-state index >= 15 is 0 Å². The first kappa shape index (κ1) is 16.3. The number of halogens is 1. The van der Waals surface area contributed by atoms with Crippen molar-refractivity contribution in [3.8, 4) is 0 Å². The van der Waals surface area contributed by atoms with Crippen molar-refractivity contribution in [1.82, 2.24) is 0 Å². The fourth-order valence-electron chi connectivity index (χ4n) is 2.20. The van der Waals surface area contributed by atoms with Crippen LogP contribution in [-0.4, -0.2) is 33.7 Å². The average Bonchev–Trinajstić information content (AvgIpc) is 2.44. The van der Waals surface area contributed by atoms with E-state index in [1.165, 1.54) is 12.1 Å². The van der Waals surface area contributed by atoms with E-state index in [1.807, 2.05) is 0 Å². The normalized spacial score (nSPS) is 19.2. The molecule has 5 nitrogen and oxygen atoms in total. The molecule has 0 saturated carbocycles. The van der Waals surface area contributed by atoms with Gasteiger partial charge in [-0.05, 0) is 49.9 Å². The highest BCUT2D eigenvalue weighted by atomic mass is 35.7. The van der Waals surface area contributed by atoms with Gasteiger partial charge in [0.25, 0.3) is 9.05 Å². The van der Waals surface area contributed by atoms with Gasteiger partial charge in [0.05, 0.1) is 16.6 Å². The van der Waals surface area contributed by atoms with Crippen LogP contribution in [0.4, 0.5) is 0 Å². The molecule has 0 amide bonds. The van der Waals surface area contributed by atoms with Crippen LogP contribution in [0.15, 0.2) is 23.1 Å².